The number of methoxy groups -OCH3 is 2. The Kier molecular flexibility index (Phi) is 5.87. The Morgan fingerprint density at radius 3 is 1.64 bits per heavy atom. The van der Waals surface area contributed by atoms with E-state index in [0.29, 0.717) is 21.2 Å². The maximum atomic E-state index is 6.39. The van der Waals surface area contributed by atoms with Crippen LogP contribution in [0.1, 0.15) is 0 Å². The summed E-state index contributed by atoms with van der Waals surface area (Å²) in [6, 6.07) is 3.16. The highest BCUT2D eigenvalue weighted by Gasteiger charge is 2.27. The van der Waals surface area contributed by atoms with Crippen LogP contribution in [-0.4, -0.2) is 14.2 Å². The summed E-state index contributed by atoms with van der Waals surface area (Å²) < 4.78 is 10.4. The first kappa shape index (κ1) is 18.1. The van der Waals surface area contributed by atoms with Gasteiger partial charge in [0, 0.05) is 11.1 Å². The number of hydrogen-bond donors (Lipinski definition) is 0. The molecule has 0 N–H and O–H groups in total. The quantitative estimate of drug-likeness (QED) is 0.485. The highest BCUT2D eigenvalue weighted by molar-refractivity contribution is 6.51. The third-order valence-corrected chi connectivity index (χ3v) is 5.25. The van der Waals surface area contributed by atoms with Crippen molar-refractivity contribution in [3.8, 4) is 22.6 Å². The zero-order chi connectivity index (χ0) is 16.6. The summed E-state index contributed by atoms with van der Waals surface area (Å²) >= 11 is 37.5. The largest absolute Gasteiger partial charge is 0.491 e. The Morgan fingerprint density at radius 1 is 0.591 bits per heavy atom. The van der Waals surface area contributed by atoms with Crippen LogP contribution in [0, 0.1) is 0 Å². The van der Waals surface area contributed by atoms with Gasteiger partial charge in [-0.3, -0.25) is 0 Å². The van der Waals surface area contributed by atoms with E-state index in [4.69, 9.17) is 79.1 Å². The van der Waals surface area contributed by atoms with Gasteiger partial charge in [0.1, 0.15) is 5.02 Å². The molecule has 8 heteroatoms. The molecule has 2 nitrogen and oxygen atoms in total. The van der Waals surface area contributed by atoms with Crippen molar-refractivity contribution >= 4 is 69.6 Å². The van der Waals surface area contributed by atoms with Crippen molar-refractivity contribution in [3.63, 3.8) is 0 Å². The molecule has 0 fully saturated rings. The fourth-order valence-electron chi connectivity index (χ4n) is 1.96. The third-order valence-electron chi connectivity index (χ3n) is 2.94. The van der Waals surface area contributed by atoms with E-state index in [-0.39, 0.29) is 31.6 Å². The fraction of sp³-hybridized carbons (Fsp3) is 0.143. The first-order chi connectivity index (χ1) is 10.3. The first-order valence-corrected chi connectivity index (χ1v) is 8.04. The number of halogens is 6. The molecule has 0 unspecified atom stereocenters. The van der Waals surface area contributed by atoms with Gasteiger partial charge in [-0.05, 0) is 12.1 Å². The van der Waals surface area contributed by atoms with E-state index in [1.807, 2.05) is 0 Å². The molecule has 0 aliphatic carbocycles. The van der Waals surface area contributed by atoms with E-state index in [0.717, 1.165) is 0 Å². The number of rotatable bonds is 3. The summed E-state index contributed by atoms with van der Waals surface area (Å²) in [5.74, 6) is 0.442. The van der Waals surface area contributed by atoms with Crippen molar-refractivity contribution in [3.05, 3.63) is 42.3 Å². The third kappa shape index (κ3) is 2.93. The molecular weight excluding hydrogens is 413 g/mol. The zero-order valence-corrected chi connectivity index (χ0v) is 15.8. The van der Waals surface area contributed by atoms with Crippen LogP contribution in [0.15, 0.2) is 12.1 Å². The van der Waals surface area contributed by atoms with E-state index in [1.54, 1.807) is 12.1 Å². The monoisotopic (exact) mass is 418 g/mol. The van der Waals surface area contributed by atoms with E-state index >= 15 is 0 Å². The summed E-state index contributed by atoms with van der Waals surface area (Å²) in [5, 5.41) is 1.27. The van der Waals surface area contributed by atoms with Gasteiger partial charge in [0.25, 0.3) is 0 Å². The summed E-state index contributed by atoms with van der Waals surface area (Å²) in [6.07, 6.45) is 0. The Bertz CT molecular complexity index is 745. The molecule has 0 aliphatic rings. The van der Waals surface area contributed by atoms with Gasteiger partial charge in [-0.15, -0.1) is 0 Å². The van der Waals surface area contributed by atoms with E-state index in [1.165, 1.54) is 14.2 Å². The molecule has 0 bridgehead atoms. The maximum Gasteiger partial charge on any atom is 0.182 e. The van der Waals surface area contributed by atoms with E-state index in [9.17, 15) is 0 Å². The van der Waals surface area contributed by atoms with Crippen LogP contribution in [0.3, 0.4) is 0 Å². The van der Waals surface area contributed by atoms with Crippen LogP contribution in [-0.2, 0) is 0 Å². The second-order valence-electron chi connectivity index (χ2n) is 4.10. The average molecular weight is 421 g/mol. The predicted octanol–water partition coefficient (Wildman–Crippen LogP) is 7.29. The first-order valence-electron chi connectivity index (χ1n) is 5.77. The van der Waals surface area contributed by atoms with Crippen molar-refractivity contribution in [2.75, 3.05) is 14.2 Å². The smallest absolute Gasteiger partial charge is 0.182 e. The minimum atomic E-state index is 0.132. The zero-order valence-electron chi connectivity index (χ0n) is 11.2. The van der Waals surface area contributed by atoms with Crippen LogP contribution < -0.4 is 9.47 Å². The van der Waals surface area contributed by atoms with Gasteiger partial charge in [0.2, 0.25) is 0 Å². The Labute approximate surface area is 157 Å². The van der Waals surface area contributed by atoms with Crippen molar-refractivity contribution in [2.45, 2.75) is 0 Å². The van der Waals surface area contributed by atoms with Gasteiger partial charge < -0.3 is 9.47 Å². The molecule has 0 radical (unpaired) electrons. The average Bonchev–Trinajstić information content (AvgIpc) is 2.50. The highest BCUT2D eigenvalue weighted by Crippen LogP contribution is 2.54. The highest BCUT2D eigenvalue weighted by atomic mass is 35.5. The van der Waals surface area contributed by atoms with Gasteiger partial charge in [-0.25, -0.2) is 0 Å². The summed E-state index contributed by atoms with van der Waals surface area (Å²) in [7, 11) is 2.86. The lowest BCUT2D eigenvalue weighted by Crippen LogP contribution is -1.96. The van der Waals surface area contributed by atoms with E-state index < -0.39 is 0 Å². The van der Waals surface area contributed by atoms with Gasteiger partial charge in [0.05, 0.1) is 39.3 Å². The lowest BCUT2D eigenvalue weighted by atomic mass is 10.0. The molecule has 0 spiro atoms. The van der Waals surface area contributed by atoms with Crippen LogP contribution in [0.5, 0.6) is 11.5 Å². The standard InChI is InChI=1S/C14H8Cl6O2/c1-21-13-11(19)8(10(18)12(20)14(13)22-2)7-5(15)3-4-6(16)9(7)17/h3-4H,1-2H3. The van der Waals surface area contributed by atoms with Crippen LogP contribution in [0.25, 0.3) is 11.1 Å². The predicted molar refractivity (Wildman–Crippen MR) is 95.0 cm³/mol. The lowest BCUT2D eigenvalue weighted by Gasteiger charge is -2.18. The number of ether oxygens (including phenoxy) is 2. The van der Waals surface area contributed by atoms with Crippen LogP contribution >= 0.6 is 69.6 Å². The van der Waals surface area contributed by atoms with E-state index in [2.05, 4.69) is 0 Å². The van der Waals surface area contributed by atoms with Crippen molar-refractivity contribution in [1.82, 2.24) is 0 Å². The van der Waals surface area contributed by atoms with Crippen molar-refractivity contribution in [1.29, 1.82) is 0 Å². The summed E-state index contributed by atoms with van der Waals surface area (Å²) in [5.41, 5.74) is 0.692. The van der Waals surface area contributed by atoms with Gasteiger partial charge in [-0.2, -0.15) is 0 Å². The number of benzene rings is 2. The van der Waals surface area contributed by atoms with Crippen molar-refractivity contribution in [2.24, 2.45) is 0 Å². The molecule has 0 saturated heterocycles. The molecule has 0 amide bonds. The minimum absolute atomic E-state index is 0.132. The maximum absolute atomic E-state index is 6.39. The van der Waals surface area contributed by atoms with Gasteiger partial charge in [-0.1, -0.05) is 69.6 Å². The molecule has 0 aliphatic heterocycles. The Morgan fingerprint density at radius 2 is 1.09 bits per heavy atom. The molecule has 118 valence electrons. The van der Waals surface area contributed by atoms with Gasteiger partial charge in [0.15, 0.2) is 11.5 Å². The molecule has 2 rings (SSSR count). The second-order valence-corrected chi connectivity index (χ2v) is 6.43. The molecule has 2 aromatic rings. The second kappa shape index (κ2) is 7.12. The van der Waals surface area contributed by atoms with Crippen LogP contribution in [0.2, 0.25) is 30.1 Å². The molecule has 0 aromatic heterocycles. The topological polar surface area (TPSA) is 18.5 Å². The Balaban J connectivity index is 2.95. The summed E-state index contributed by atoms with van der Waals surface area (Å²) in [4.78, 5) is 0. The molecule has 0 saturated carbocycles. The molecule has 2 aromatic carbocycles. The number of hydrogen-bond acceptors (Lipinski definition) is 2. The normalized spacial score (nSPS) is 10.7. The molecular formula is C14H8Cl6O2. The Hall–Kier alpha value is -0.220. The lowest BCUT2D eigenvalue weighted by molar-refractivity contribution is 0.355. The van der Waals surface area contributed by atoms with Gasteiger partial charge >= 0.3 is 0 Å². The SMILES string of the molecule is COc1c(Cl)c(Cl)c(-c2c(Cl)ccc(Cl)c2Cl)c(Cl)c1OC. The summed E-state index contributed by atoms with van der Waals surface area (Å²) in [6.45, 7) is 0. The minimum Gasteiger partial charge on any atom is -0.491 e. The van der Waals surface area contributed by atoms with Crippen molar-refractivity contribution < 1.29 is 9.47 Å². The van der Waals surface area contributed by atoms with Crippen LogP contribution in [0.4, 0.5) is 0 Å². The molecule has 22 heavy (non-hydrogen) atoms. The fourth-order valence-corrected chi connectivity index (χ4v) is 3.61. The molecule has 0 atom stereocenters. The molecule has 0 heterocycles.